The van der Waals surface area contributed by atoms with Crippen LogP contribution in [0.15, 0.2) is 32.3 Å². The van der Waals surface area contributed by atoms with E-state index in [0.29, 0.717) is 20.2 Å². The van der Waals surface area contributed by atoms with E-state index < -0.39 is 18.0 Å². The molecule has 2 amide bonds. The molecule has 0 spiro atoms. The number of carbonyl (C=O) groups excluding carboxylic acids is 2. The first-order valence-electron chi connectivity index (χ1n) is 5.89. The fraction of sp³-hybridized carbons (Fsp3) is 0.231. The van der Waals surface area contributed by atoms with Gasteiger partial charge in [-0.2, -0.15) is 0 Å². The fourth-order valence-corrected chi connectivity index (χ4v) is 3.37. The Labute approximate surface area is 137 Å². The SMILES string of the molecule is COC(=O)C1=C(C)NC(=O)NC1c1cc(Br)cc(Br)c1O. The zero-order valence-corrected chi connectivity index (χ0v) is 14.3. The van der Waals surface area contributed by atoms with Crippen molar-refractivity contribution in [2.75, 3.05) is 7.11 Å². The van der Waals surface area contributed by atoms with E-state index >= 15 is 0 Å². The Kier molecular flexibility index (Phi) is 4.58. The number of urea groups is 1. The first-order chi connectivity index (χ1) is 9.85. The van der Waals surface area contributed by atoms with Crippen LogP contribution in [0.25, 0.3) is 0 Å². The molecular formula is C13H12Br2N2O4. The number of benzene rings is 1. The molecule has 3 N–H and O–H groups in total. The normalized spacial score (nSPS) is 18.1. The van der Waals surface area contributed by atoms with E-state index in [9.17, 15) is 14.7 Å². The predicted octanol–water partition coefficient (Wildman–Crippen LogP) is 2.72. The van der Waals surface area contributed by atoms with Gasteiger partial charge >= 0.3 is 12.0 Å². The molecule has 1 heterocycles. The van der Waals surface area contributed by atoms with Gasteiger partial charge < -0.3 is 20.5 Å². The number of esters is 1. The monoisotopic (exact) mass is 418 g/mol. The van der Waals surface area contributed by atoms with Gasteiger partial charge in [0.25, 0.3) is 0 Å². The number of rotatable bonds is 2. The largest absolute Gasteiger partial charge is 0.506 e. The van der Waals surface area contributed by atoms with Gasteiger partial charge in [0.1, 0.15) is 5.75 Å². The van der Waals surface area contributed by atoms with Gasteiger partial charge in [-0.15, -0.1) is 0 Å². The highest BCUT2D eigenvalue weighted by atomic mass is 79.9. The molecule has 1 unspecified atom stereocenters. The van der Waals surface area contributed by atoms with Gasteiger partial charge in [0.2, 0.25) is 0 Å². The van der Waals surface area contributed by atoms with E-state index in [1.54, 1.807) is 19.1 Å². The van der Waals surface area contributed by atoms with Crippen molar-refractivity contribution >= 4 is 43.9 Å². The van der Waals surface area contributed by atoms with E-state index in [1.165, 1.54) is 7.11 Å². The van der Waals surface area contributed by atoms with Gasteiger partial charge in [0.05, 0.1) is 23.2 Å². The number of amides is 2. The van der Waals surface area contributed by atoms with Gasteiger partial charge in [-0.3, -0.25) is 0 Å². The number of ether oxygens (including phenoxy) is 1. The Balaban J connectivity index is 2.62. The third-order valence-corrected chi connectivity index (χ3v) is 4.11. The molecule has 6 nitrogen and oxygen atoms in total. The van der Waals surface area contributed by atoms with Gasteiger partial charge in [-0.1, -0.05) is 15.9 Å². The molecule has 1 aromatic carbocycles. The van der Waals surface area contributed by atoms with Crippen molar-refractivity contribution in [1.29, 1.82) is 0 Å². The van der Waals surface area contributed by atoms with E-state index in [4.69, 9.17) is 4.74 Å². The lowest BCUT2D eigenvalue weighted by Gasteiger charge is -2.28. The van der Waals surface area contributed by atoms with Crippen LogP contribution in [0.1, 0.15) is 18.5 Å². The Morgan fingerprint density at radius 1 is 1.38 bits per heavy atom. The number of allylic oxidation sites excluding steroid dienone is 1. The van der Waals surface area contributed by atoms with Crippen LogP contribution >= 0.6 is 31.9 Å². The summed E-state index contributed by atoms with van der Waals surface area (Å²) in [5.74, 6) is -0.639. The summed E-state index contributed by atoms with van der Waals surface area (Å²) in [6.07, 6.45) is 0. The lowest BCUT2D eigenvalue weighted by Crippen LogP contribution is -2.45. The molecule has 8 heteroatoms. The number of nitrogens with one attached hydrogen (secondary N) is 2. The minimum Gasteiger partial charge on any atom is -0.506 e. The average Bonchev–Trinajstić information content (AvgIpc) is 2.41. The van der Waals surface area contributed by atoms with Gasteiger partial charge in [-0.05, 0) is 35.0 Å². The van der Waals surface area contributed by atoms with Crippen molar-refractivity contribution in [2.24, 2.45) is 0 Å². The average molecular weight is 420 g/mol. The minimum atomic E-state index is -0.806. The molecule has 0 aliphatic carbocycles. The van der Waals surface area contributed by atoms with Crippen LogP contribution in [-0.4, -0.2) is 24.2 Å². The zero-order chi connectivity index (χ0) is 15.7. The number of hydrogen-bond donors (Lipinski definition) is 3. The summed E-state index contributed by atoms with van der Waals surface area (Å²) in [5.41, 5.74) is 0.995. The number of hydrogen-bond acceptors (Lipinski definition) is 4. The maximum Gasteiger partial charge on any atom is 0.337 e. The van der Waals surface area contributed by atoms with Crippen LogP contribution in [0.5, 0.6) is 5.75 Å². The predicted molar refractivity (Wildman–Crippen MR) is 82.6 cm³/mol. The smallest absolute Gasteiger partial charge is 0.337 e. The molecule has 1 atom stereocenters. The van der Waals surface area contributed by atoms with Crippen LogP contribution in [-0.2, 0) is 9.53 Å². The molecule has 0 aromatic heterocycles. The number of aromatic hydroxyl groups is 1. The zero-order valence-electron chi connectivity index (χ0n) is 11.2. The Morgan fingerprint density at radius 3 is 2.67 bits per heavy atom. The molecule has 112 valence electrons. The van der Waals surface area contributed by atoms with Crippen LogP contribution in [0.2, 0.25) is 0 Å². The molecule has 2 rings (SSSR count). The van der Waals surface area contributed by atoms with Crippen LogP contribution in [0.3, 0.4) is 0 Å². The minimum absolute atomic E-state index is 0.0559. The molecule has 1 aliphatic heterocycles. The highest BCUT2D eigenvalue weighted by Gasteiger charge is 2.33. The number of phenolic OH excluding ortho intramolecular Hbond substituents is 1. The van der Waals surface area contributed by atoms with Gasteiger partial charge in [-0.25, -0.2) is 9.59 Å². The van der Waals surface area contributed by atoms with Crippen molar-refractivity contribution in [1.82, 2.24) is 10.6 Å². The lowest BCUT2D eigenvalue weighted by atomic mass is 9.95. The Bertz CT molecular complexity index is 658. The van der Waals surface area contributed by atoms with Gasteiger partial charge in [0.15, 0.2) is 0 Å². The first-order valence-corrected chi connectivity index (χ1v) is 7.48. The van der Waals surface area contributed by atoms with Crippen LogP contribution in [0, 0.1) is 0 Å². The molecule has 0 saturated carbocycles. The van der Waals surface area contributed by atoms with E-state index in [-0.39, 0.29) is 11.3 Å². The summed E-state index contributed by atoms with van der Waals surface area (Å²) in [4.78, 5) is 23.7. The molecular weight excluding hydrogens is 408 g/mol. The van der Waals surface area contributed by atoms with Crippen LogP contribution < -0.4 is 10.6 Å². The summed E-state index contributed by atoms with van der Waals surface area (Å²) in [5, 5.41) is 15.3. The number of methoxy groups -OCH3 is 1. The first kappa shape index (κ1) is 15.8. The molecule has 0 fully saturated rings. The van der Waals surface area contributed by atoms with Crippen molar-refractivity contribution in [3.05, 3.63) is 37.9 Å². The van der Waals surface area contributed by atoms with Crippen molar-refractivity contribution < 1.29 is 19.4 Å². The van der Waals surface area contributed by atoms with E-state index in [0.717, 1.165) is 0 Å². The number of carbonyl (C=O) groups is 2. The Morgan fingerprint density at radius 2 is 2.05 bits per heavy atom. The summed E-state index contributed by atoms with van der Waals surface area (Å²) in [7, 11) is 1.26. The highest BCUT2D eigenvalue weighted by Crippen LogP contribution is 2.39. The quantitative estimate of drug-likeness (QED) is 0.643. The van der Waals surface area contributed by atoms with Gasteiger partial charge in [0, 0.05) is 15.7 Å². The summed E-state index contributed by atoms with van der Waals surface area (Å²) in [6.45, 7) is 1.60. The highest BCUT2D eigenvalue weighted by molar-refractivity contribution is 9.11. The summed E-state index contributed by atoms with van der Waals surface area (Å²) >= 11 is 6.54. The summed E-state index contributed by atoms with van der Waals surface area (Å²) in [6, 6.07) is 2.03. The fourth-order valence-electron chi connectivity index (χ4n) is 2.11. The maximum absolute atomic E-state index is 12.0. The van der Waals surface area contributed by atoms with E-state index in [2.05, 4.69) is 42.5 Å². The van der Waals surface area contributed by atoms with Crippen molar-refractivity contribution in [3.8, 4) is 5.75 Å². The third kappa shape index (κ3) is 3.06. The topological polar surface area (TPSA) is 87.7 Å². The molecule has 1 aliphatic rings. The number of phenols is 1. The second kappa shape index (κ2) is 6.07. The molecule has 0 radical (unpaired) electrons. The Hall–Kier alpha value is -1.54. The second-order valence-electron chi connectivity index (χ2n) is 4.39. The standard InChI is InChI=1S/C13H12Br2N2O4/c1-5-9(12(19)21-2)10(17-13(20)16-5)7-3-6(14)4-8(15)11(7)18/h3-4,10,18H,1-2H3,(H2,16,17,20). The summed E-state index contributed by atoms with van der Waals surface area (Å²) < 4.78 is 5.89. The molecule has 21 heavy (non-hydrogen) atoms. The number of halogens is 2. The molecule has 0 bridgehead atoms. The van der Waals surface area contributed by atoms with Crippen molar-refractivity contribution in [2.45, 2.75) is 13.0 Å². The molecule has 1 aromatic rings. The maximum atomic E-state index is 12.0. The third-order valence-electron chi connectivity index (χ3n) is 3.04. The molecule has 0 saturated heterocycles. The van der Waals surface area contributed by atoms with E-state index in [1.807, 2.05) is 0 Å². The van der Waals surface area contributed by atoms with Crippen molar-refractivity contribution in [3.63, 3.8) is 0 Å². The lowest BCUT2D eigenvalue weighted by molar-refractivity contribution is -0.136. The second-order valence-corrected chi connectivity index (χ2v) is 6.16. The van der Waals surface area contributed by atoms with Crippen LogP contribution in [0.4, 0.5) is 4.79 Å².